The summed E-state index contributed by atoms with van der Waals surface area (Å²) in [6.45, 7) is 3.71. The molecule has 0 bridgehead atoms. The SMILES string of the molecule is Cc1cc(Br)cc(C)c1NS(=O)(=O)c1cncc(Br)c1. The number of halogens is 2. The Morgan fingerprint density at radius 2 is 1.60 bits per heavy atom. The van der Waals surface area contributed by atoms with E-state index in [2.05, 4.69) is 41.6 Å². The molecular formula is C13H12Br2N2O2S. The Bertz CT molecular complexity index is 738. The Hall–Kier alpha value is -0.920. The van der Waals surface area contributed by atoms with Gasteiger partial charge in [-0.05, 0) is 59.1 Å². The van der Waals surface area contributed by atoms with Gasteiger partial charge >= 0.3 is 0 Å². The normalized spacial score (nSPS) is 11.4. The predicted octanol–water partition coefficient (Wildman–Crippen LogP) is 4.02. The van der Waals surface area contributed by atoms with Crippen LogP contribution >= 0.6 is 31.9 Å². The van der Waals surface area contributed by atoms with E-state index in [1.54, 1.807) is 0 Å². The molecule has 2 rings (SSSR count). The van der Waals surface area contributed by atoms with Crippen LogP contribution < -0.4 is 4.72 Å². The van der Waals surface area contributed by atoms with Crippen molar-refractivity contribution < 1.29 is 8.42 Å². The highest BCUT2D eigenvalue weighted by Gasteiger charge is 2.17. The molecule has 0 saturated carbocycles. The molecule has 0 aliphatic heterocycles. The molecule has 0 amide bonds. The van der Waals surface area contributed by atoms with Crippen molar-refractivity contribution in [2.45, 2.75) is 18.7 Å². The van der Waals surface area contributed by atoms with E-state index in [1.165, 1.54) is 18.5 Å². The van der Waals surface area contributed by atoms with Gasteiger partial charge in [-0.25, -0.2) is 8.42 Å². The fourth-order valence-corrected chi connectivity index (χ4v) is 4.20. The average Bonchev–Trinajstić information content (AvgIpc) is 2.34. The van der Waals surface area contributed by atoms with E-state index in [1.807, 2.05) is 26.0 Å². The second-order valence-electron chi connectivity index (χ2n) is 4.36. The van der Waals surface area contributed by atoms with Crippen molar-refractivity contribution in [2.75, 3.05) is 4.72 Å². The molecule has 7 heteroatoms. The molecule has 0 unspecified atom stereocenters. The molecule has 0 aliphatic carbocycles. The van der Waals surface area contributed by atoms with Crippen LogP contribution in [-0.2, 0) is 10.0 Å². The summed E-state index contributed by atoms with van der Waals surface area (Å²) in [6, 6.07) is 5.24. The third kappa shape index (κ3) is 3.39. The van der Waals surface area contributed by atoms with Crippen LogP contribution in [-0.4, -0.2) is 13.4 Å². The molecular weight excluding hydrogens is 408 g/mol. The highest BCUT2D eigenvalue weighted by atomic mass is 79.9. The molecule has 4 nitrogen and oxygen atoms in total. The summed E-state index contributed by atoms with van der Waals surface area (Å²) in [7, 11) is -3.65. The van der Waals surface area contributed by atoms with Crippen molar-refractivity contribution in [3.8, 4) is 0 Å². The number of nitrogens with zero attached hydrogens (tertiary/aromatic N) is 1. The van der Waals surface area contributed by atoms with Crippen LogP contribution in [0.2, 0.25) is 0 Å². The van der Waals surface area contributed by atoms with E-state index in [4.69, 9.17) is 0 Å². The summed E-state index contributed by atoms with van der Waals surface area (Å²) in [5.41, 5.74) is 2.29. The van der Waals surface area contributed by atoms with E-state index in [0.29, 0.717) is 10.2 Å². The van der Waals surface area contributed by atoms with Gasteiger partial charge in [-0.1, -0.05) is 15.9 Å². The van der Waals surface area contributed by atoms with Gasteiger partial charge in [-0.15, -0.1) is 0 Å². The zero-order valence-electron chi connectivity index (χ0n) is 10.8. The predicted molar refractivity (Wildman–Crippen MR) is 86.4 cm³/mol. The van der Waals surface area contributed by atoms with E-state index in [9.17, 15) is 8.42 Å². The standard InChI is InChI=1S/C13H12Br2N2O2S/c1-8-3-10(14)4-9(2)13(8)17-20(18,19)12-5-11(15)6-16-7-12/h3-7,17H,1-2H3. The maximum Gasteiger partial charge on any atom is 0.263 e. The van der Waals surface area contributed by atoms with Crippen molar-refractivity contribution >= 4 is 47.6 Å². The third-order valence-corrected chi connectivity index (χ3v) is 4.93. The van der Waals surface area contributed by atoms with Crippen LogP contribution in [0.3, 0.4) is 0 Å². The van der Waals surface area contributed by atoms with Crippen LogP contribution in [0, 0.1) is 13.8 Å². The van der Waals surface area contributed by atoms with Gasteiger partial charge in [0, 0.05) is 21.3 Å². The number of aryl methyl sites for hydroxylation is 2. The van der Waals surface area contributed by atoms with Gasteiger partial charge in [0.15, 0.2) is 0 Å². The van der Waals surface area contributed by atoms with E-state index in [0.717, 1.165) is 15.6 Å². The number of pyridine rings is 1. The molecule has 0 saturated heterocycles. The highest BCUT2D eigenvalue weighted by Crippen LogP contribution is 2.27. The molecule has 20 heavy (non-hydrogen) atoms. The molecule has 0 spiro atoms. The first-order valence-corrected chi connectivity index (χ1v) is 8.76. The largest absolute Gasteiger partial charge is 0.279 e. The Morgan fingerprint density at radius 1 is 1.00 bits per heavy atom. The maximum atomic E-state index is 12.4. The summed E-state index contributed by atoms with van der Waals surface area (Å²) in [6.07, 6.45) is 2.85. The Kier molecular flexibility index (Phi) is 4.51. The summed E-state index contributed by atoms with van der Waals surface area (Å²) < 4.78 is 28.9. The van der Waals surface area contributed by atoms with Crippen molar-refractivity contribution in [1.82, 2.24) is 4.98 Å². The lowest BCUT2D eigenvalue weighted by Crippen LogP contribution is -2.15. The van der Waals surface area contributed by atoms with Crippen molar-refractivity contribution in [2.24, 2.45) is 0 Å². The van der Waals surface area contributed by atoms with Gasteiger partial charge < -0.3 is 0 Å². The zero-order valence-corrected chi connectivity index (χ0v) is 14.8. The Balaban J connectivity index is 2.44. The molecule has 0 fully saturated rings. The van der Waals surface area contributed by atoms with Gasteiger partial charge in [0.1, 0.15) is 4.90 Å². The van der Waals surface area contributed by atoms with Gasteiger partial charge in [0.2, 0.25) is 0 Å². The van der Waals surface area contributed by atoms with Gasteiger partial charge in [0.25, 0.3) is 10.0 Å². The number of benzene rings is 1. The fraction of sp³-hybridized carbons (Fsp3) is 0.154. The number of nitrogens with one attached hydrogen (secondary N) is 1. The molecule has 0 atom stereocenters. The number of rotatable bonds is 3. The molecule has 2 aromatic rings. The second-order valence-corrected chi connectivity index (χ2v) is 7.87. The van der Waals surface area contributed by atoms with Gasteiger partial charge in [-0.3, -0.25) is 9.71 Å². The molecule has 1 aromatic carbocycles. The third-order valence-electron chi connectivity index (χ3n) is 2.72. The number of anilines is 1. The fourth-order valence-electron chi connectivity index (χ4n) is 1.80. The molecule has 1 N–H and O–H groups in total. The number of hydrogen-bond donors (Lipinski definition) is 1. The smallest absolute Gasteiger partial charge is 0.263 e. The Labute approximate surface area is 134 Å². The quantitative estimate of drug-likeness (QED) is 0.816. The minimum absolute atomic E-state index is 0.119. The molecule has 1 aromatic heterocycles. The summed E-state index contributed by atoms with van der Waals surface area (Å²) >= 11 is 6.61. The van der Waals surface area contributed by atoms with Gasteiger partial charge in [-0.2, -0.15) is 0 Å². The van der Waals surface area contributed by atoms with Gasteiger partial charge in [0.05, 0.1) is 5.69 Å². The second kappa shape index (κ2) is 5.83. The molecule has 106 valence electrons. The van der Waals surface area contributed by atoms with E-state index in [-0.39, 0.29) is 4.90 Å². The first-order chi connectivity index (χ1) is 9.29. The summed E-state index contributed by atoms with van der Waals surface area (Å²) in [5, 5.41) is 0. The highest BCUT2D eigenvalue weighted by molar-refractivity contribution is 9.10. The van der Waals surface area contributed by atoms with Crippen molar-refractivity contribution in [1.29, 1.82) is 0 Å². The lowest BCUT2D eigenvalue weighted by atomic mass is 10.1. The molecule has 0 radical (unpaired) electrons. The lowest BCUT2D eigenvalue weighted by Gasteiger charge is -2.13. The first kappa shape index (κ1) is 15.5. The van der Waals surface area contributed by atoms with E-state index < -0.39 is 10.0 Å². The van der Waals surface area contributed by atoms with Crippen LogP contribution in [0.15, 0.2) is 44.4 Å². The first-order valence-electron chi connectivity index (χ1n) is 5.70. The van der Waals surface area contributed by atoms with Crippen LogP contribution in [0.1, 0.15) is 11.1 Å². The van der Waals surface area contributed by atoms with Crippen LogP contribution in [0.25, 0.3) is 0 Å². The minimum atomic E-state index is -3.65. The van der Waals surface area contributed by atoms with Crippen LogP contribution in [0.5, 0.6) is 0 Å². The summed E-state index contributed by atoms with van der Waals surface area (Å²) in [5.74, 6) is 0. The van der Waals surface area contributed by atoms with E-state index >= 15 is 0 Å². The van der Waals surface area contributed by atoms with Crippen molar-refractivity contribution in [3.05, 3.63) is 50.7 Å². The monoisotopic (exact) mass is 418 g/mol. The minimum Gasteiger partial charge on any atom is -0.279 e. The number of aromatic nitrogens is 1. The Morgan fingerprint density at radius 3 is 2.15 bits per heavy atom. The number of hydrogen-bond acceptors (Lipinski definition) is 3. The topological polar surface area (TPSA) is 59.1 Å². The zero-order chi connectivity index (χ0) is 14.9. The molecule has 0 aliphatic rings. The number of sulfonamides is 1. The van der Waals surface area contributed by atoms with Crippen LogP contribution in [0.4, 0.5) is 5.69 Å². The van der Waals surface area contributed by atoms with Crippen molar-refractivity contribution in [3.63, 3.8) is 0 Å². The maximum absolute atomic E-state index is 12.4. The summed E-state index contributed by atoms with van der Waals surface area (Å²) in [4.78, 5) is 4.00. The average molecular weight is 420 g/mol. The lowest BCUT2D eigenvalue weighted by molar-refractivity contribution is 0.600. The molecule has 1 heterocycles.